The maximum atomic E-state index is 8.69. The van der Waals surface area contributed by atoms with Gasteiger partial charge in [0.1, 0.15) is 5.75 Å². The molecule has 2 rings (SSSR count). The van der Waals surface area contributed by atoms with Gasteiger partial charge in [-0.05, 0) is 29.8 Å². The van der Waals surface area contributed by atoms with Crippen LogP contribution in [0.5, 0.6) is 5.75 Å². The van der Waals surface area contributed by atoms with Gasteiger partial charge >= 0.3 is 0 Å². The van der Waals surface area contributed by atoms with Gasteiger partial charge in [-0.1, -0.05) is 18.2 Å². The molecule has 4 heteroatoms. The Morgan fingerprint density at radius 3 is 2.47 bits per heavy atom. The summed E-state index contributed by atoms with van der Waals surface area (Å²) in [6.45, 7) is 0.593. The van der Waals surface area contributed by atoms with Gasteiger partial charge in [0.2, 0.25) is 0 Å². The second-order valence-corrected chi connectivity index (χ2v) is 3.98. The molecule has 0 aliphatic heterocycles. The standard InChI is InChI=1S/C15H14N2O.ClH/c16-11-13-6-4-12(5-7-13)8-9-18-15-3-1-2-14(17)10-15;/h1-7,10H,8-9,17H2;1H. The van der Waals surface area contributed by atoms with E-state index in [1.807, 2.05) is 42.5 Å². The number of nitrogen functional groups attached to an aromatic ring is 1. The van der Waals surface area contributed by atoms with Crippen LogP contribution in [0.2, 0.25) is 0 Å². The Kier molecular flexibility index (Phi) is 5.72. The van der Waals surface area contributed by atoms with Gasteiger partial charge in [-0.2, -0.15) is 5.26 Å². The number of rotatable bonds is 4. The van der Waals surface area contributed by atoms with E-state index in [4.69, 9.17) is 15.7 Å². The second-order valence-electron chi connectivity index (χ2n) is 3.98. The zero-order chi connectivity index (χ0) is 12.8. The lowest BCUT2D eigenvalue weighted by molar-refractivity contribution is 0.322. The molecule has 0 aliphatic rings. The third-order valence-corrected chi connectivity index (χ3v) is 2.60. The van der Waals surface area contributed by atoms with E-state index >= 15 is 0 Å². The van der Waals surface area contributed by atoms with Crippen molar-refractivity contribution in [2.24, 2.45) is 0 Å². The fraction of sp³-hybridized carbons (Fsp3) is 0.133. The smallest absolute Gasteiger partial charge is 0.121 e. The van der Waals surface area contributed by atoms with Gasteiger partial charge in [-0.3, -0.25) is 0 Å². The number of hydrogen-bond acceptors (Lipinski definition) is 3. The first kappa shape index (κ1) is 14.9. The first-order valence-corrected chi connectivity index (χ1v) is 5.75. The van der Waals surface area contributed by atoms with E-state index in [1.165, 1.54) is 0 Å². The van der Waals surface area contributed by atoms with Gasteiger partial charge in [-0.25, -0.2) is 0 Å². The van der Waals surface area contributed by atoms with Crippen molar-refractivity contribution in [3.63, 3.8) is 0 Å². The summed E-state index contributed by atoms with van der Waals surface area (Å²) in [6, 6.07) is 17.0. The number of benzene rings is 2. The average Bonchev–Trinajstić information content (AvgIpc) is 2.40. The number of nitrogens with zero attached hydrogens (tertiary/aromatic N) is 1. The van der Waals surface area contributed by atoms with Gasteiger partial charge < -0.3 is 10.5 Å². The monoisotopic (exact) mass is 274 g/mol. The Morgan fingerprint density at radius 2 is 1.84 bits per heavy atom. The number of ether oxygens (including phenoxy) is 1. The minimum Gasteiger partial charge on any atom is -0.493 e. The molecular formula is C15H15ClN2O. The zero-order valence-corrected chi connectivity index (χ0v) is 11.2. The summed E-state index contributed by atoms with van der Waals surface area (Å²) in [5.41, 5.74) is 8.19. The average molecular weight is 275 g/mol. The van der Waals surface area contributed by atoms with Crippen LogP contribution in [0.25, 0.3) is 0 Å². The molecule has 0 spiro atoms. The fourth-order valence-corrected chi connectivity index (χ4v) is 1.64. The molecule has 0 aliphatic carbocycles. The molecule has 0 unspecified atom stereocenters. The van der Waals surface area contributed by atoms with E-state index in [9.17, 15) is 0 Å². The van der Waals surface area contributed by atoms with E-state index in [1.54, 1.807) is 6.07 Å². The Morgan fingerprint density at radius 1 is 1.11 bits per heavy atom. The van der Waals surface area contributed by atoms with Gasteiger partial charge in [-0.15, -0.1) is 12.4 Å². The van der Waals surface area contributed by atoms with Crippen LogP contribution in [0.1, 0.15) is 11.1 Å². The van der Waals surface area contributed by atoms with E-state index in [0.717, 1.165) is 17.7 Å². The summed E-state index contributed by atoms with van der Waals surface area (Å²) < 4.78 is 5.60. The third kappa shape index (κ3) is 4.53. The molecule has 0 saturated heterocycles. The normalized spacial score (nSPS) is 9.21. The number of anilines is 1. The largest absolute Gasteiger partial charge is 0.493 e. The van der Waals surface area contributed by atoms with Crippen LogP contribution in [-0.2, 0) is 6.42 Å². The summed E-state index contributed by atoms with van der Waals surface area (Å²) in [7, 11) is 0. The lowest BCUT2D eigenvalue weighted by Gasteiger charge is -2.06. The van der Waals surface area contributed by atoms with Crippen molar-refractivity contribution >= 4 is 18.1 Å². The van der Waals surface area contributed by atoms with Crippen molar-refractivity contribution in [3.05, 3.63) is 59.7 Å². The highest BCUT2D eigenvalue weighted by Crippen LogP contribution is 2.14. The Bertz CT molecular complexity index is 561. The molecule has 0 radical (unpaired) electrons. The molecule has 0 heterocycles. The van der Waals surface area contributed by atoms with E-state index in [-0.39, 0.29) is 12.4 Å². The summed E-state index contributed by atoms with van der Waals surface area (Å²) >= 11 is 0. The highest BCUT2D eigenvalue weighted by Gasteiger charge is 1.97. The molecule has 0 amide bonds. The van der Waals surface area contributed by atoms with Crippen molar-refractivity contribution in [2.75, 3.05) is 12.3 Å². The first-order valence-electron chi connectivity index (χ1n) is 5.75. The Balaban J connectivity index is 0.00000180. The lowest BCUT2D eigenvalue weighted by Crippen LogP contribution is -2.01. The lowest BCUT2D eigenvalue weighted by atomic mass is 10.1. The van der Waals surface area contributed by atoms with Crippen LogP contribution >= 0.6 is 12.4 Å². The molecule has 3 nitrogen and oxygen atoms in total. The van der Waals surface area contributed by atoms with E-state index < -0.39 is 0 Å². The summed E-state index contributed by atoms with van der Waals surface area (Å²) in [6.07, 6.45) is 0.806. The molecule has 2 aromatic rings. The molecular weight excluding hydrogens is 260 g/mol. The summed E-state index contributed by atoms with van der Waals surface area (Å²) in [5, 5.41) is 8.69. The SMILES string of the molecule is Cl.N#Cc1ccc(CCOc2cccc(N)c2)cc1. The molecule has 2 N–H and O–H groups in total. The highest BCUT2D eigenvalue weighted by molar-refractivity contribution is 5.85. The van der Waals surface area contributed by atoms with Gasteiger partial charge in [0.15, 0.2) is 0 Å². The fourth-order valence-electron chi connectivity index (χ4n) is 1.64. The molecule has 2 aromatic carbocycles. The number of nitrogens with two attached hydrogens (primary N) is 1. The van der Waals surface area contributed by atoms with Crippen LogP contribution in [0.15, 0.2) is 48.5 Å². The number of halogens is 1. The predicted molar refractivity (Wildman–Crippen MR) is 78.5 cm³/mol. The molecule has 0 atom stereocenters. The van der Waals surface area contributed by atoms with Crippen LogP contribution < -0.4 is 10.5 Å². The third-order valence-electron chi connectivity index (χ3n) is 2.60. The topological polar surface area (TPSA) is 59.0 Å². The van der Waals surface area contributed by atoms with Crippen LogP contribution in [0.3, 0.4) is 0 Å². The predicted octanol–water partition coefficient (Wildman–Crippen LogP) is 3.18. The quantitative estimate of drug-likeness (QED) is 0.871. The van der Waals surface area contributed by atoms with Gasteiger partial charge in [0.25, 0.3) is 0 Å². The molecule has 98 valence electrons. The second kappa shape index (κ2) is 7.30. The first-order chi connectivity index (χ1) is 8.78. The molecule has 0 saturated carbocycles. The van der Waals surface area contributed by atoms with Crippen molar-refractivity contribution in [2.45, 2.75) is 6.42 Å². The Hall–Kier alpha value is -2.18. The van der Waals surface area contributed by atoms with Crippen molar-refractivity contribution in [3.8, 4) is 11.8 Å². The van der Waals surface area contributed by atoms with Crippen molar-refractivity contribution in [1.82, 2.24) is 0 Å². The molecule has 0 bridgehead atoms. The maximum Gasteiger partial charge on any atom is 0.121 e. The summed E-state index contributed by atoms with van der Waals surface area (Å²) in [5.74, 6) is 0.781. The van der Waals surface area contributed by atoms with Gasteiger partial charge in [0.05, 0.1) is 18.2 Å². The Labute approximate surface area is 119 Å². The zero-order valence-electron chi connectivity index (χ0n) is 10.4. The van der Waals surface area contributed by atoms with Crippen molar-refractivity contribution < 1.29 is 4.74 Å². The summed E-state index contributed by atoms with van der Waals surface area (Å²) in [4.78, 5) is 0. The van der Waals surface area contributed by atoms with Crippen LogP contribution in [0, 0.1) is 11.3 Å². The van der Waals surface area contributed by atoms with Crippen molar-refractivity contribution in [1.29, 1.82) is 5.26 Å². The number of hydrogen-bond donors (Lipinski definition) is 1. The highest BCUT2D eigenvalue weighted by atomic mass is 35.5. The van der Waals surface area contributed by atoms with Crippen LogP contribution in [0.4, 0.5) is 5.69 Å². The molecule has 0 fully saturated rings. The van der Waals surface area contributed by atoms with E-state index in [0.29, 0.717) is 17.9 Å². The molecule has 19 heavy (non-hydrogen) atoms. The maximum absolute atomic E-state index is 8.69. The number of nitriles is 1. The van der Waals surface area contributed by atoms with Crippen LogP contribution in [-0.4, -0.2) is 6.61 Å². The molecule has 0 aromatic heterocycles. The van der Waals surface area contributed by atoms with Gasteiger partial charge in [0, 0.05) is 18.2 Å². The minimum atomic E-state index is 0. The minimum absolute atomic E-state index is 0. The van der Waals surface area contributed by atoms with E-state index in [2.05, 4.69) is 6.07 Å².